The van der Waals surface area contributed by atoms with E-state index in [1.165, 1.54) is 0 Å². The molecule has 0 aliphatic heterocycles. The zero-order chi connectivity index (χ0) is 19.8. The lowest BCUT2D eigenvalue weighted by molar-refractivity contribution is -0.127. The minimum absolute atomic E-state index is 0.0821. The van der Waals surface area contributed by atoms with Gasteiger partial charge in [0, 0.05) is 12.2 Å². The number of amides is 2. The Morgan fingerprint density at radius 1 is 1.11 bits per heavy atom. The SMILES string of the molecule is Cc1cccc(OC(C)C(=O)NCc2cccc(NC(=O)CN(C)C)c2)c1. The first-order chi connectivity index (χ1) is 12.8. The second kappa shape index (κ2) is 9.73. The highest BCUT2D eigenvalue weighted by Crippen LogP contribution is 2.14. The number of nitrogens with zero attached hydrogens (tertiary/aromatic N) is 1. The largest absolute Gasteiger partial charge is 0.481 e. The Morgan fingerprint density at radius 3 is 2.56 bits per heavy atom. The number of nitrogens with one attached hydrogen (secondary N) is 2. The van der Waals surface area contributed by atoms with E-state index in [4.69, 9.17) is 4.74 Å². The van der Waals surface area contributed by atoms with Gasteiger partial charge in [0.15, 0.2) is 6.10 Å². The van der Waals surface area contributed by atoms with Crippen LogP contribution in [0.5, 0.6) is 5.75 Å². The van der Waals surface area contributed by atoms with Gasteiger partial charge in [-0.3, -0.25) is 9.59 Å². The summed E-state index contributed by atoms with van der Waals surface area (Å²) in [5, 5.41) is 5.71. The molecule has 2 aromatic rings. The first kappa shape index (κ1) is 20.5. The Hall–Kier alpha value is -2.86. The van der Waals surface area contributed by atoms with Crippen LogP contribution in [0.3, 0.4) is 0 Å². The summed E-state index contributed by atoms with van der Waals surface area (Å²) >= 11 is 0. The van der Waals surface area contributed by atoms with Crippen molar-refractivity contribution >= 4 is 17.5 Å². The van der Waals surface area contributed by atoms with Gasteiger partial charge in [-0.2, -0.15) is 0 Å². The summed E-state index contributed by atoms with van der Waals surface area (Å²) in [4.78, 5) is 25.9. The van der Waals surface area contributed by atoms with E-state index in [0.29, 0.717) is 24.5 Å². The number of ether oxygens (including phenoxy) is 1. The average Bonchev–Trinajstić information content (AvgIpc) is 2.59. The van der Waals surface area contributed by atoms with Crippen molar-refractivity contribution in [3.8, 4) is 5.75 Å². The quantitative estimate of drug-likeness (QED) is 0.750. The number of hydrogen-bond donors (Lipinski definition) is 2. The summed E-state index contributed by atoms with van der Waals surface area (Å²) < 4.78 is 5.68. The molecule has 6 nitrogen and oxygen atoms in total. The molecule has 6 heteroatoms. The van der Waals surface area contributed by atoms with Crippen molar-refractivity contribution in [1.82, 2.24) is 10.2 Å². The van der Waals surface area contributed by atoms with Crippen LogP contribution in [0.2, 0.25) is 0 Å². The Labute approximate surface area is 160 Å². The first-order valence-corrected chi connectivity index (χ1v) is 8.88. The fourth-order valence-electron chi connectivity index (χ4n) is 2.53. The molecule has 0 bridgehead atoms. The van der Waals surface area contributed by atoms with Crippen LogP contribution in [0.1, 0.15) is 18.1 Å². The van der Waals surface area contributed by atoms with Gasteiger partial charge < -0.3 is 20.3 Å². The highest BCUT2D eigenvalue weighted by atomic mass is 16.5. The molecule has 2 rings (SSSR count). The third-order valence-electron chi connectivity index (χ3n) is 3.81. The maximum atomic E-state index is 12.3. The van der Waals surface area contributed by atoms with Crippen LogP contribution in [-0.4, -0.2) is 43.5 Å². The number of aryl methyl sites for hydroxylation is 1. The standard InChI is InChI=1S/C21H27N3O3/c1-15-7-5-10-19(11-15)27-16(2)21(26)22-13-17-8-6-9-18(12-17)23-20(25)14-24(3)4/h5-12,16H,13-14H2,1-4H3,(H,22,26)(H,23,25). The summed E-state index contributed by atoms with van der Waals surface area (Å²) in [6.07, 6.45) is -0.602. The monoisotopic (exact) mass is 369 g/mol. The zero-order valence-corrected chi connectivity index (χ0v) is 16.3. The van der Waals surface area contributed by atoms with Crippen molar-refractivity contribution in [3.05, 3.63) is 59.7 Å². The molecule has 0 radical (unpaired) electrons. The van der Waals surface area contributed by atoms with Crippen molar-refractivity contribution in [2.24, 2.45) is 0 Å². The molecule has 2 N–H and O–H groups in total. The molecule has 27 heavy (non-hydrogen) atoms. The van der Waals surface area contributed by atoms with E-state index in [0.717, 1.165) is 11.1 Å². The molecule has 0 fully saturated rings. The van der Waals surface area contributed by atoms with E-state index in [2.05, 4.69) is 10.6 Å². The minimum atomic E-state index is -0.602. The third kappa shape index (κ3) is 7.11. The van der Waals surface area contributed by atoms with E-state index in [9.17, 15) is 9.59 Å². The van der Waals surface area contributed by atoms with Crippen LogP contribution in [0.15, 0.2) is 48.5 Å². The molecule has 0 aromatic heterocycles. The van der Waals surface area contributed by atoms with Crippen LogP contribution in [0.4, 0.5) is 5.69 Å². The van der Waals surface area contributed by atoms with Gasteiger partial charge in [-0.1, -0.05) is 24.3 Å². The summed E-state index contributed by atoms with van der Waals surface area (Å²) in [5.41, 5.74) is 2.68. The van der Waals surface area contributed by atoms with Crippen molar-refractivity contribution < 1.29 is 14.3 Å². The van der Waals surface area contributed by atoms with Gasteiger partial charge in [-0.25, -0.2) is 0 Å². The summed E-state index contributed by atoms with van der Waals surface area (Å²) in [5.74, 6) is 0.392. The topological polar surface area (TPSA) is 70.7 Å². The van der Waals surface area contributed by atoms with Gasteiger partial charge in [-0.15, -0.1) is 0 Å². The maximum absolute atomic E-state index is 12.3. The van der Waals surface area contributed by atoms with E-state index in [1.807, 2.05) is 69.6 Å². The molecule has 144 valence electrons. The molecule has 0 aliphatic carbocycles. The lowest BCUT2D eigenvalue weighted by Crippen LogP contribution is -2.35. The number of benzene rings is 2. The molecule has 0 saturated carbocycles. The smallest absolute Gasteiger partial charge is 0.261 e. The second-order valence-electron chi connectivity index (χ2n) is 6.78. The number of anilines is 1. The lowest BCUT2D eigenvalue weighted by atomic mass is 10.2. The first-order valence-electron chi connectivity index (χ1n) is 8.88. The molecule has 2 amide bonds. The van der Waals surface area contributed by atoms with Crippen LogP contribution in [0, 0.1) is 6.92 Å². The molecule has 0 aliphatic rings. The van der Waals surface area contributed by atoms with Gasteiger partial charge in [0.2, 0.25) is 5.91 Å². The third-order valence-corrected chi connectivity index (χ3v) is 3.81. The van der Waals surface area contributed by atoms with Gasteiger partial charge >= 0.3 is 0 Å². The Bertz CT molecular complexity index is 790. The second-order valence-corrected chi connectivity index (χ2v) is 6.78. The van der Waals surface area contributed by atoms with E-state index in [1.54, 1.807) is 11.8 Å². The molecule has 1 atom stereocenters. The van der Waals surface area contributed by atoms with Crippen molar-refractivity contribution in [2.75, 3.05) is 26.0 Å². The number of likely N-dealkylation sites (N-methyl/N-ethyl adjacent to an activating group) is 1. The number of hydrogen-bond acceptors (Lipinski definition) is 4. The van der Waals surface area contributed by atoms with Gasteiger partial charge in [0.1, 0.15) is 5.75 Å². The Morgan fingerprint density at radius 2 is 1.85 bits per heavy atom. The number of rotatable bonds is 8. The van der Waals surface area contributed by atoms with Gasteiger partial charge in [-0.05, 0) is 63.3 Å². The molecule has 0 heterocycles. The average molecular weight is 369 g/mol. The summed E-state index contributed by atoms with van der Waals surface area (Å²) in [6, 6.07) is 15.0. The lowest BCUT2D eigenvalue weighted by Gasteiger charge is -2.15. The molecular formula is C21H27N3O3. The highest BCUT2D eigenvalue weighted by Gasteiger charge is 2.14. The van der Waals surface area contributed by atoms with E-state index < -0.39 is 6.10 Å². The van der Waals surface area contributed by atoms with Gasteiger partial charge in [0.05, 0.1) is 6.54 Å². The van der Waals surface area contributed by atoms with Gasteiger partial charge in [0.25, 0.3) is 5.91 Å². The fraction of sp³-hybridized carbons (Fsp3) is 0.333. The fourth-order valence-corrected chi connectivity index (χ4v) is 2.53. The Kier molecular flexibility index (Phi) is 7.37. The van der Waals surface area contributed by atoms with Crippen LogP contribution < -0.4 is 15.4 Å². The molecule has 0 spiro atoms. The van der Waals surface area contributed by atoms with Crippen LogP contribution >= 0.6 is 0 Å². The zero-order valence-electron chi connectivity index (χ0n) is 16.3. The van der Waals surface area contributed by atoms with E-state index >= 15 is 0 Å². The van der Waals surface area contributed by atoms with Crippen molar-refractivity contribution in [1.29, 1.82) is 0 Å². The molecule has 0 saturated heterocycles. The number of carbonyl (C=O) groups is 2. The summed E-state index contributed by atoms with van der Waals surface area (Å²) in [7, 11) is 3.68. The predicted octanol–water partition coefficient (Wildman–Crippen LogP) is 2.58. The number of carbonyl (C=O) groups excluding carboxylic acids is 2. The van der Waals surface area contributed by atoms with E-state index in [-0.39, 0.29) is 11.8 Å². The van der Waals surface area contributed by atoms with Crippen molar-refractivity contribution in [3.63, 3.8) is 0 Å². The van der Waals surface area contributed by atoms with Crippen molar-refractivity contribution in [2.45, 2.75) is 26.5 Å². The maximum Gasteiger partial charge on any atom is 0.261 e. The summed E-state index contributed by atoms with van der Waals surface area (Å²) in [6.45, 7) is 4.37. The van der Waals surface area contributed by atoms with Crippen LogP contribution in [0.25, 0.3) is 0 Å². The normalized spacial score (nSPS) is 11.7. The minimum Gasteiger partial charge on any atom is -0.481 e. The molecule has 1 unspecified atom stereocenters. The molecular weight excluding hydrogens is 342 g/mol. The predicted molar refractivity (Wildman–Crippen MR) is 107 cm³/mol. The Balaban J connectivity index is 1.87. The van der Waals surface area contributed by atoms with Crippen LogP contribution in [-0.2, 0) is 16.1 Å². The highest BCUT2D eigenvalue weighted by molar-refractivity contribution is 5.92. The molecule has 2 aromatic carbocycles.